The number of aryl methyl sites for hydroxylation is 1. The van der Waals surface area contributed by atoms with Gasteiger partial charge in [-0.3, -0.25) is 19.3 Å². The average Bonchev–Trinajstić information content (AvgIpc) is 2.98. The van der Waals surface area contributed by atoms with Crippen LogP contribution >= 0.6 is 0 Å². The van der Waals surface area contributed by atoms with Crippen LogP contribution in [-0.2, 0) is 14.4 Å². The van der Waals surface area contributed by atoms with Gasteiger partial charge in [0.2, 0.25) is 17.7 Å². The number of nitrogens with zero attached hydrogens (tertiary/aromatic N) is 5. The molecule has 0 bridgehead atoms. The van der Waals surface area contributed by atoms with Crippen LogP contribution in [0.15, 0.2) is 6.07 Å². The lowest BCUT2D eigenvalue weighted by molar-refractivity contribution is -0.146. The highest BCUT2D eigenvalue weighted by atomic mass is 16.2. The van der Waals surface area contributed by atoms with Gasteiger partial charge in [-0.05, 0) is 19.8 Å². The SMILES string of the molecule is Cc1cc(N2CCN(C(=O)CN3C(=O)[C@H]4CCCC[C@H]4C3=O)CC2)nc(C(C)C)n1. The number of aromatic nitrogens is 2. The van der Waals surface area contributed by atoms with Crippen molar-refractivity contribution in [1.82, 2.24) is 19.8 Å². The molecule has 3 amide bonds. The monoisotopic (exact) mass is 413 g/mol. The molecular formula is C22H31N5O3. The number of rotatable bonds is 4. The van der Waals surface area contributed by atoms with Gasteiger partial charge in [0, 0.05) is 43.9 Å². The second kappa shape index (κ2) is 8.32. The summed E-state index contributed by atoms with van der Waals surface area (Å²) in [6.45, 7) is 8.47. The van der Waals surface area contributed by atoms with Crippen LogP contribution in [0, 0.1) is 18.8 Å². The fourth-order valence-corrected chi connectivity index (χ4v) is 4.80. The summed E-state index contributed by atoms with van der Waals surface area (Å²) in [6.07, 6.45) is 3.53. The topological polar surface area (TPSA) is 86.7 Å². The van der Waals surface area contributed by atoms with E-state index in [9.17, 15) is 14.4 Å². The maximum Gasteiger partial charge on any atom is 0.242 e. The molecule has 0 spiro atoms. The summed E-state index contributed by atoms with van der Waals surface area (Å²) < 4.78 is 0. The minimum atomic E-state index is -0.202. The zero-order valence-corrected chi connectivity index (χ0v) is 18.1. The second-order valence-electron chi connectivity index (χ2n) is 9.01. The van der Waals surface area contributed by atoms with E-state index in [0.717, 1.165) is 43.0 Å². The number of carbonyl (C=O) groups excluding carboxylic acids is 3. The normalized spacial score (nSPS) is 24.6. The van der Waals surface area contributed by atoms with Gasteiger partial charge in [-0.1, -0.05) is 26.7 Å². The van der Waals surface area contributed by atoms with Gasteiger partial charge in [-0.2, -0.15) is 0 Å². The molecule has 8 heteroatoms. The van der Waals surface area contributed by atoms with E-state index in [1.807, 2.05) is 13.0 Å². The third kappa shape index (κ3) is 3.91. The maximum atomic E-state index is 12.8. The van der Waals surface area contributed by atoms with Crippen molar-refractivity contribution in [2.45, 2.75) is 52.4 Å². The van der Waals surface area contributed by atoms with Crippen molar-refractivity contribution < 1.29 is 14.4 Å². The Kier molecular flexibility index (Phi) is 5.75. The molecule has 3 aliphatic rings. The maximum absolute atomic E-state index is 12.8. The Labute approximate surface area is 177 Å². The van der Waals surface area contributed by atoms with Gasteiger partial charge in [0.1, 0.15) is 18.2 Å². The van der Waals surface area contributed by atoms with Crippen LogP contribution < -0.4 is 4.90 Å². The predicted molar refractivity (Wildman–Crippen MR) is 112 cm³/mol. The van der Waals surface area contributed by atoms with Crippen molar-refractivity contribution in [2.75, 3.05) is 37.6 Å². The molecule has 3 heterocycles. The van der Waals surface area contributed by atoms with E-state index in [1.165, 1.54) is 4.90 Å². The van der Waals surface area contributed by atoms with Crippen molar-refractivity contribution in [2.24, 2.45) is 11.8 Å². The molecule has 8 nitrogen and oxygen atoms in total. The Balaban J connectivity index is 1.36. The molecule has 162 valence electrons. The fourth-order valence-electron chi connectivity index (χ4n) is 4.80. The van der Waals surface area contributed by atoms with E-state index in [2.05, 4.69) is 28.7 Å². The summed E-state index contributed by atoms with van der Waals surface area (Å²) in [7, 11) is 0. The number of amides is 3. The molecule has 1 aromatic heterocycles. The summed E-state index contributed by atoms with van der Waals surface area (Å²) in [5.74, 6) is 1.15. The Hall–Kier alpha value is -2.51. The van der Waals surface area contributed by atoms with Crippen LogP contribution in [0.4, 0.5) is 5.82 Å². The van der Waals surface area contributed by atoms with E-state index in [1.54, 1.807) is 4.90 Å². The number of hydrogen-bond acceptors (Lipinski definition) is 6. The van der Waals surface area contributed by atoms with Crippen LogP contribution in [0.1, 0.15) is 57.0 Å². The molecule has 1 saturated carbocycles. The molecule has 1 aliphatic carbocycles. The highest BCUT2D eigenvalue weighted by Crippen LogP contribution is 2.37. The van der Waals surface area contributed by atoms with Crippen molar-refractivity contribution in [3.8, 4) is 0 Å². The lowest BCUT2D eigenvalue weighted by atomic mass is 9.81. The van der Waals surface area contributed by atoms with Gasteiger partial charge in [-0.25, -0.2) is 9.97 Å². The van der Waals surface area contributed by atoms with Gasteiger partial charge in [-0.15, -0.1) is 0 Å². The summed E-state index contributed by atoms with van der Waals surface area (Å²) in [6, 6.07) is 1.98. The Morgan fingerprint density at radius 3 is 2.20 bits per heavy atom. The molecule has 30 heavy (non-hydrogen) atoms. The molecular weight excluding hydrogens is 382 g/mol. The van der Waals surface area contributed by atoms with Crippen LogP contribution in [0.5, 0.6) is 0 Å². The van der Waals surface area contributed by atoms with E-state index >= 15 is 0 Å². The molecule has 2 aliphatic heterocycles. The van der Waals surface area contributed by atoms with Gasteiger partial charge in [0.15, 0.2) is 0 Å². The number of imide groups is 1. The molecule has 1 aromatic rings. The zero-order chi connectivity index (χ0) is 21.4. The van der Waals surface area contributed by atoms with Gasteiger partial charge < -0.3 is 9.80 Å². The predicted octanol–water partition coefficient (Wildman–Crippen LogP) is 1.73. The summed E-state index contributed by atoms with van der Waals surface area (Å²) in [4.78, 5) is 52.4. The quantitative estimate of drug-likeness (QED) is 0.699. The minimum Gasteiger partial charge on any atom is -0.353 e. The first kappa shape index (κ1) is 20.8. The largest absolute Gasteiger partial charge is 0.353 e. The molecule has 2 atom stereocenters. The van der Waals surface area contributed by atoms with Gasteiger partial charge >= 0.3 is 0 Å². The number of anilines is 1. The molecule has 0 unspecified atom stereocenters. The molecule has 0 aromatic carbocycles. The van der Waals surface area contributed by atoms with Crippen molar-refractivity contribution in [1.29, 1.82) is 0 Å². The first-order valence-electron chi connectivity index (χ1n) is 11.1. The first-order chi connectivity index (χ1) is 14.3. The summed E-state index contributed by atoms with van der Waals surface area (Å²) >= 11 is 0. The summed E-state index contributed by atoms with van der Waals surface area (Å²) in [5, 5.41) is 0. The standard InChI is InChI=1S/C22H31N5O3/c1-14(2)20-23-15(3)12-18(24-20)25-8-10-26(11-9-25)19(28)13-27-21(29)16-6-4-5-7-17(16)22(27)30/h12,14,16-17H,4-11,13H2,1-3H3/t16-,17+. The summed E-state index contributed by atoms with van der Waals surface area (Å²) in [5.41, 5.74) is 0.940. The fraction of sp³-hybridized carbons (Fsp3) is 0.682. The van der Waals surface area contributed by atoms with Crippen LogP contribution in [-0.4, -0.2) is 70.2 Å². The van der Waals surface area contributed by atoms with Crippen LogP contribution in [0.2, 0.25) is 0 Å². The number of carbonyl (C=O) groups is 3. The van der Waals surface area contributed by atoms with Gasteiger partial charge in [0.05, 0.1) is 11.8 Å². The van der Waals surface area contributed by atoms with E-state index in [4.69, 9.17) is 0 Å². The highest BCUT2D eigenvalue weighted by molar-refractivity contribution is 6.07. The second-order valence-corrected chi connectivity index (χ2v) is 9.01. The van der Waals surface area contributed by atoms with Crippen molar-refractivity contribution >= 4 is 23.5 Å². The van der Waals surface area contributed by atoms with E-state index in [0.29, 0.717) is 26.2 Å². The Morgan fingerprint density at radius 1 is 1.03 bits per heavy atom. The molecule has 0 N–H and O–H groups in total. The number of likely N-dealkylation sites (tertiary alicyclic amines) is 1. The lowest BCUT2D eigenvalue weighted by Crippen LogP contribution is -2.52. The third-order valence-electron chi connectivity index (χ3n) is 6.56. The van der Waals surface area contributed by atoms with Crippen molar-refractivity contribution in [3.63, 3.8) is 0 Å². The average molecular weight is 414 g/mol. The minimum absolute atomic E-state index is 0.116. The van der Waals surface area contributed by atoms with Crippen molar-refractivity contribution in [3.05, 3.63) is 17.6 Å². The highest BCUT2D eigenvalue weighted by Gasteiger charge is 2.48. The number of fused-ring (bicyclic) bond motifs is 1. The first-order valence-corrected chi connectivity index (χ1v) is 11.1. The molecule has 4 rings (SSSR count). The lowest BCUT2D eigenvalue weighted by Gasteiger charge is -2.36. The van der Waals surface area contributed by atoms with E-state index < -0.39 is 0 Å². The van der Waals surface area contributed by atoms with Crippen LogP contribution in [0.25, 0.3) is 0 Å². The third-order valence-corrected chi connectivity index (χ3v) is 6.56. The molecule has 2 saturated heterocycles. The van der Waals surface area contributed by atoms with E-state index in [-0.39, 0.29) is 42.0 Å². The number of piperazine rings is 1. The Morgan fingerprint density at radius 2 is 1.63 bits per heavy atom. The molecule has 0 radical (unpaired) electrons. The molecule has 3 fully saturated rings. The smallest absolute Gasteiger partial charge is 0.242 e. The van der Waals surface area contributed by atoms with Gasteiger partial charge in [0.25, 0.3) is 0 Å². The zero-order valence-electron chi connectivity index (χ0n) is 18.1. The number of hydrogen-bond donors (Lipinski definition) is 0. The Bertz CT molecular complexity index is 823. The van der Waals surface area contributed by atoms with Crippen LogP contribution in [0.3, 0.4) is 0 Å².